The molecule has 2 N–H and O–H groups in total. The van der Waals surface area contributed by atoms with Gasteiger partial charge in [0.1, 0.15) is 0 Å². The molecule has 4 heteroatoms. The smallest absolute Gasteiger partial charge is 0.178 e. The Hall–Kier alpha value is -0.870. The fourth-order valence-corrected chi connectivity index (χ4v) is 3.30. The fourth-order valence-electron chi connectivity index (χ4n) is 1.98. The molecule has 0 radical (unpaired) electrons. The van der Waals surface area contributed by atoms with E-state index in [1.807, 2.05) is 19.1 Å². The highest BCUT2D eigenvalue weighted by Gasteiger charge is 2.13. The van der Waals surface area contributed by atoms with E-state index in [0.717, 1.165) is 12.8 Å². The molecule has 0 saturated heterocycles. The van der Waals surface area contributed by atoms with Crippen molar-refractivity contribution >= 4 is 9.84 Å². The molecule has 0 heterocycles. The summed E-state index contributed by atoms with van der Waals surface area (Å²) in [5.74, 6) is 0.645. The van der Waals surface area contributed by atoms with Crippen molar-refractivity contribution in [3.05, 3.63) is 29.8 Å². The van der Waals surface area contributed by atoms with Gasteiger partial charge in [0.25, 0.3) is 0 Å². The van der Waals surface area contributed by atoms with E-state index in [-0.39, 0.29) is 5.75 Å². The minimum atomic E-state index is -3.09. The molecule has 1 rings (SSSR count). The van der Waals surface area contributed by atoms with Crippen molar-refractivity contribution in [2.45, 2.75) is 43.9 Å². The second-order valence-electron chi connectivity index (χ2n) is 4.72. The van der Waals surface area contributed by atoms with Gasteiger partial charge in [0, 0.05) is 0 Å². The van der Waals surface area contributed by atoms with Crippen LogP contribution in [0.1, 0.15) is 44.6 Å². The van der Waals surface area contributed by atoms with Crippen LogP contribution in [0.15, 0.2) is 29.2 Å². The highest BCUT2D eigenvalue weighted by atomic mass is 32.2. The normalized spacial score (nSPS) is 13.5. The van der Waals surface area contributed by atoms with E-state index in [4.69, 9.17) is 5.73 Å². The van der Waals surface area contributed by atoms with Gasteiger partial charge in [0.05, 0.1) is 10.6 Å². The van der Waals surface area contributed by atoms with Crippen molar-refractivity contribution in [2.75, 3.05) is 12.3 Å². The molecule has 0 amide bonds. The Morgan fingerprint density at radius 2 is 1.83 bits per heavy atom. The number of nitrogens with two attached hydrogens (primary N) is 1. The Labute approximate surface area is 110 Å². The monoisotopic (exact) mass is 269 g/mol. The number of rotatable bonds is 7. The van der Waals surface area contributed by atoms with Crippen molar-refractivity contribution in [1.29, 1.82) is 0 Å². The Balaban J connectivity index is 2.80. The predicted molar refractivity (Wildman–Crippen MR) is 75.5 cm³/mol. The maximum absolute atomic E-state index is 11.9. The Morgan fingerprint density at radius 1 is 1.22 bits per heavy atom. The minimum Gasteiger partial charge on any atom is -0.330 e. The van der Waals surface area contributed by atoms with E-state index in [1.165, 1.54) is 5.56 Å². The van der Waals surface area contributed by atoms with E-state index in [1.54, 1.807) is 12.1 Å². The van der Waals surface area contributed by atoms with Crippen LogP contribution in [0.25, 0.3) is 0 Å². The molecule has 0 aliphatic carbocycles. The van der Waals surface area contributed by atoms with Crippen LogP contribution < -0.4 is 5.73 Å². The Morgan fingerprint density at radius 3 is 2.33 bits per heavy atom. The average Bonchev–Trinajstić information content (AvgIpc) is 2.36. The zero-order valence-corrected chi connectivity index (χ0v) is 12.0. The molecule has 0 aliphatic rings. The molecule has 1 unspecified atom stereocenters. The van der Waals surface area contributed by atoms with Crippen LogP contribution in [0.2, 0.25) is 0 Å². The maximum Gasteiger partial charge on any atom is 0.178 e. The van der Waals surface area contributed by atoms with Gasteiger partial charge in [-0.3, -0.25) is 0 Å². The lowest BCUT2D eigenvalue weighted by Gasteiger charge is -2.12. The predicted octanol–water partition coefficient (Wildman–Crippen LogP) is 2.71. The molecule has 0 aromatic heterocycles. The van der Waals surface area contributed by atoms with Crippen molar-refractivity contribution in [2.24, 2.45) is 5.73 Å². The zero-order chi connectivity index (χ0) is 13.6. The van der Waals surface area contributed by atoms with Crippen LogP contribution in [-0.4, -0.2) is 20.7 Å². The van der Waals surface area contributed by atoms with E-state index in [0.29, 0.717) is 23.8 Å². The van der Waals surface area contributed by atoms with Gasteiger partial charge in [-0.2, -0.15) is 0 Å². The molecule has 0 spiro atoms. The summed E-state index contributed by atoms with van der Waals surface area (Å²) in [7, 11) is -3.09. The van der Waals surface area contributed by atoms with Gasteiger partial charge in [-0.15, -0.1) is 0 Å². The lowest BCUT2D eigenvalue weighted by atomic mass is 9.96. The molecule has 1 aromatic carbocycles. The molecule has 0 fully saturated rings. The Bertz CT molecular complexity index is 451. The largest absolute Gasteiger partial charge is 0.330 e. The number of benzene rings is 1. The SMILES string of the molecule is CCCS(=O)(=O)c1ccc(C(C)CCCN)cc1. The molecule has 18 heavy (non-hydrogen) atoms. The third-order valence-electron chi connectivity index (χ3n) is 3.12. The second kappa shape index (κ2) is 6.90. The molecular weight excluding hydrogens is 246 g/mol. The van der Waals surface area contributed by atoms with Gasteiger partial charge in [-0.05, 0) is 49.4 Å². The third kappa shape index (κ3) is 4.10. The molecular formula is C14H23NO2S. The highest BCUT2D eigenvalue weighted by Crippen LogP contribution is 2.22. The second-order valence-corrected chi connectivity index (χ2v) is 6.83. The van der Waals surface area contributed by atoms with Gasteiger partial charge in [-0.1, -0.05) is 26.0 Å². The van der Waals surface area contributed by atoms with E-state index in [2.05, 4.69) is 6.92 Å². The van der Waals surface area contributed by atoms with Gasteiger partial charge in [0.2, 0.25) is 0 Å². The molecule has 102 valence electrons. The summed E-state index contributed by atoms with van der Waals surface area (Å²) < 4.78 is 23.7. The first-order valence-corrected chi connectivity index (χ1v) is 8.19. The van der Waals surface area contributed by atoms with Crippen LogP contribution in [0, 0.1) is 0 Å². The topological polar surface area (TPSA) is 60.2 Å². The standard InChI is InChI=1S/C14H23NO2S/c1-3-11-18(16,17)14-8-6-13(7-9-14)12(2)5-4-10-15/h6-9,12H,3-5,10-11,15H2,1-2H3. The number of hydrogen-bond acceptors (Lipinski definition) is 3. The molecule has 0 saturated carbocycles. The lowest BCUT2D eigenvalue weighted by molar-refractivity contribution is 0.594. The molecule has 1 atom stereocenters. The van der Waals surface area contributed by atoms with Crippen molar-refractivity contribution in [1.82, 2.24) is 0 Å². The van der Waals surface area contributed by atoms with Crippen LogP contribution in [0.3, 0.4) is 0 Å². The molecule has 0 bridgehead atoms. The van der Waals surface area contributed by atoms with Crippen molar-refractivity contribution in [3.8, 4) is 0 Å². The highest BCUT2D eigenvalue weighted by molar-refractivity contribution is 7.91. The summed E-state index contributed by atoms with van der Waals surface area (Å²) in [5, 5.41) is 0. The Kier molecular flexibility index (Phi) is 5.82. The summed E-state index contributed by atoms with van der Waals surface area (Å²) in [5.41, 5.74) is 6.67. The average molecular weight is 269 g/mol. The van der Waals surface area contributed by atoms with Crippen molar-refractivity contribution < 1.29 is 8.42 Å². The van der Waals surface area contributed by atoms with Gasteiger partial charge < -0.3 is 5.73 Å². The third-order valence-corrected chi connectivity index (χ3v) is 5.06. The maximum atomic E-state index is 11.9. The van der Waals surface area contributed by atoms with Crippen LogP contribution >= 0.6 is 0 Å². The first-order valence-electron chi connectivity index (χ1n) is 6.54. The molecule has 1 aromatic rings. The van der Waals surface area contributed by atoms with Gasteiger partial charge >= 0.3 is 0 Å². The van der Waals surface area contributed by atoms with E-state index >= 15 is 0 Å². The first kappa shape index (κ1) is 15.2. The summed E-state index contributed by atoms with van der Waals surface area (Å²) in [6.07, 6.45) is 2.69. The molecule has 3 nitrogen and oxygen atoms in total. The quantitative estimate of drug-likeness (QED) is 0.828. The van der Waals surface area contributed by atoms with Gasteiger partial charge in [-0.25, -0.2) is 8.42 Å². The minimum absolute atomic E-state index is 0.217. The van der Waals surface area contributed by atoms with Gasteiger partial charge in [0.15, 0.2) is 9.84 Å². The zero-order valence-electron chi connectivity index (χ0n) is 11.2. The van der Waals surface area contributed by atoms with Crippen LogP contribution in [0.4, 0.5) is 0 Å². The van der Waals surface area contributed by atoms with Crippen molar-refractivity contribution in [3.63, 3.8) is 0 Å². The summed E-state index contributed by atoms with van der Waals surface area (Å²) in [6, 6.07) is 7.28. The fraction of sp³-hybridized carbons (Fsp3) is 0.571. The summed E-state index contributed by atoms with van der Waals surface area (Å²) in [6.45, 7) is 4.72. The van der Waals surface area contributed by atoms with E-state index < -0.39 is 9.84 Å². The van der Waals surface area contributed by atoms with Crippen LogP contribution in [-0.2, 0) is 9.84 Å². The lowest BCUT2D eigenvalue weighted by Crippen LogP contribution is -2.06. The number of sulfone groups is 1. The first-order chi connectivity index (χ1) is 8.51. The summed E-state index contributed by atoms with van der Waals surface area (Å²) in [4.78, 5) is 0.430. The molecule has 0 aliphatic heterocycles. The van der Waals surface area contributed by atoms with E-state index in [9.17, 15) is 8.42 Å². The summed E-state index contributed by atoms with van der Waals surface area (Å²) >= 11 is 0. The van der Waals surface area contributed by atoms with Crippen LogP contribution in [0.5, 0.6) is 0 Å². The number of hydrogen-bond donors (Lipinski definition) is 1.